The highest BCUT2D eigenvalue weighted by Gasteiger charge is 2.34. The predicted octanol–water partition coefficient (Wildman–Crippen LogP) is 4.70. The van der Waals surface area contributed by atoms with Crippen molar-refractivity contribution in [3.05, 3.63) is 58.1 Å². The van der Waals surface area contributed by atoms with Crippen molar-refractivity contribution in [3.63, 3.8) is 0 Å². The van der Waals surface area contributed by atoms with Crippen LogP contribution in [0.5, 0.6) is 0 Å². The number of rotatable bonds is 2. The Balaban J connectivity index is 1.69. The molecule has 3 nitrogen and oxygen atoms in total. The van der Waals surface area contributed by atoms with Gasteiger partial charge in [0.1, 0.15) is 0 Å². The molecule has 1 aliphatic rings. The van der Waals surface area contributed by atoms with Gasteiger partial charge in [0.25, 0.3) is 0 Å². The molecule has 0 amide bonds. The summed E-state index contributed by atoms with van der Waals surface area (Å²) >= 11 is 13.7. The van der Waals surface area contributed by atoms with Gasteiger partial charge in [0.2, 0.25) is 5.91 Å². The highest BCUT2D eigenvalue weighted by molar-refractivity contribution is 8.00. The number of hydrogen-bond donors (Lipinski definition) is 0. The Bertz CT molecular complexity index is 906. The van der Waals surface area contributed by atoms with Crippen LogP contribution in [0.2, 0.25) is 10.0 Å². The van der Waals surface area contributed by atoms with E-state index in [-0.39, 0.29) is 11.2 Å². The van der Waals surface area contributed by atoms with Gasteiger partial charge < -0.3 is 0 Å². The number of nitrogens with zero attached hydrogens (tertiary/aromatic N) is 2. The first kappa shape index (κ1) is 14.1. The van der Waals surface area contributed by atoms with Gasteiger partial charge >= 0.3 is 0 Å². The Morgan fingerprint density at radius 3 is 2.86 bits per heavy atom. The summed E-state index contributed by atoms with van der Waals surface area (Å²) in [6.07, 6.45) is 0.542. The number of fused-ring (bicyclic) bond motifs is 3. The molecule has 4 rings (SSSR count). The molecule has 0 spiro atoms. The number of aromatic nitrogens is 2. The zero-order chi connectivity index (χ0) is 15.3. The molecular formula is C16H10Cl2N2OS. The molecule has 0 saturated heterocycles. The van der Waals surface area contributed by atoms with Crippen LogP contribution in [0.1, 0.15) is 10.4 Å². The summed E-state index contributed by atoms with van der Waals surface area (Å²) in [5.74, 6) is 0.0461. The first-order valence-electron chi connectivity index (χ1n) is 6.76. The predicted molar refractivity (Wildman–Crippen MR) is 90.2 cm³/mol. The van der Waals surface area contributed by atoms with Crippen molar-refractivity contribution in [2.45, 2.75) is 16.8 Å². The molecule has 1 atom stereocenters. The van der Waals surface area contributed by atoms with E-state index in [9.17, 15) is 4.79 Å². The lowest BCUT2D eigenvalue weighted by Gasteiger charge is -2.09. The van der Waals surface area contributed by atoms with E-state index < -0.39 is 0 Å². The first-order valence-corrected chi connectivity index (χ1v) is 8.39. The Morgan fingerprint density at radius 2 is 2.00 bits per heavy atom. The maximum Gasteiger partial charge on any atom is 0.247 e. The normalized spacial score (nSPS) is 17.2. The van der Waals surface area contributed by atoms with Gasteiger partial charge in [-0.05, 0) is 42.3 Å². The number of para-hydroxylation sites is 2. The van der Waals surface area contributed by atoms with Gasteiger partial charge in [-0.1, -0.05) is 47.1 Å². The van der Waals surface area contributed by atoms with E-state index in [1.165, 1.54) is 11.8 Å². The lowest BCUT2D eigenvalue weighted by molar-refractivity contribution is 0.0914. The largest absolute Gasteiger partial charge is 0.273 e. The second-order valence-corrected chi connectivity index (χ2v) is 7.12. The van der Waals surface area contributed by atoms with Crippen LogP contribution >= 0.6 is 35.0 Å². The van der Waals surface area contributed by atoms with E-state index in [1.807, 2.05) is 30.3 Å². The highest BCUT2D eigenvalue weighted by Crippen LogP contribution is 2.37. The molecule has 2 heterocycles. The van der Waals surface area contributed by atoms with Gasteiger partial charge in [-0.25, -0.2) is 4.98 Å². The Hall–Kier alpha value is -1.49. The van der Waals surface area contributed by atoms with Crippen LogP contribution in [-0.4, -0.2) is 20.7 Å². The third-order valence-corrected chi connectivity index (χ3v) is 5.43. The summed E-state index contributed by atoms with van der Waals surface area (Å²) < 4.78 is 1.70. The zero-order valence-electron chi connectivity index (χ0n) is 11.3. The van der Waals surface area contributed by atoms with E-state index in [1.54, 1.807) is 16.7 Å². The van der Waals surface area contributed by atoms with E-state index in [0.29, 0.717) is 16.5 Å². The Morgan fingerprint density at radius 1 is 1.18 bits per heavy atom. The summed E-state index contributed by atoms with van der Waals surface area (Å²) in [7, 11) is 0. The van der Waals surface area contributed by atoms with Gasteiger partial charge in [-0.2, -0.15) is 0 Å². The van der Waals surface area contributed by atoms with E-state index in [2.05, 4.69) is 4.98 Å². The second-order valence-electron chi connectivity index (χ2n) is 5.10. The van der Waals surface area contributed by atoms with E-state index in [4.69, 9.17) is 23.2 Å². The monoisotopic (exact) mass is 348 g/mol. The molecule has 6 heteroatoms. The minimum absolute atomic E-state index is 0.0461. The molecule has 3 aromatic rings. The third-order valence-electron chi connectivity index (χ3n) is 3.69. The molecule has 0 aliphatic carbocycles. The fourth-order valence-corrected chi connectivity index (χ4v) is 4.20. The zero-order valence-corrected chi connectivity index (χ0v) is 13.6. The van der Waals surface area contributed by atoms with Gasteiger partial charge in [0.05, 0.1) is 16.3 Å². The number of benzene rings is 2. The van der Waals surface area contributed by atoms with Crippen molar-refractivity contribution in [2.24, 2.45) is 0 Å². The van der Waals surface area contributed by atoms with Crippen LogP contribution in [0.3, 0.4) is 0 Å². The maximum atomic E-state index is 12.7. The molecule has 1 aromatic heterocycles. The van der Waals surface area contributed by atoms with Crippen molar-refractivity contribution in [3.8, 4) is 0 Å². The van der Waals surface area contributed by atoms with Crippen LogP contribution < -0.4 is 0 Å². The lowest BCUT2D eigenvalue weighted by Crippen LogP contribution is -2.20. The molecule has 0 bridgehead atoms. The summed E-state index contributed by atoms with van der Waals surface area (Å²) in [6.45, 7) is 0. The average molecular weight is 349 g/mol. The fraction of sp³-hybridized carbons (Fsp3) is 0.125. The minimum Gasteiger partial charge on any atom is -0.273 e. The smallest absolute Gasteiger partial charge is 0.247 e. The van der Waals surface area contributed by atoms with Crippen LogP contribution in [0.25, 0.3) is 11.0 Å². The third kappa shape index (κ3) is 2.22. The molecule has 22 heavy (non-hydrogen) atoms. The van der Waals surface area contributed by atoms with E-state index >= 15 is 0 Å². The second kappa shape index (κ2) is 5.30. The molecule has 1 aliphatic heterocycles. The van der Waals surface area contributed by atoms with Crippen molar-refractivity contribution < 1.29 is 4.79 Å². The number of hydrogen-bond acceptors (Lipinski definition) is 3. The van der Waals surface area contributed by atoms with Crippen molar-refractivity contribution in [1.29, 1.82) is 0 Å². The summed E-state index contributed by atoms with van der Waals surface area (Å²) in [4.78, 5) is 17.2. The van der Waals surface area contributed by atoms with Gasteiger partial charge in [0.15, 0.2) is 5.16 Å². The average Bonchev–Trinajstić information content (AvgIpc) is 3.00. The van der Waals surface area contributed by atoms with Crippen LogP contribution in [0.15, 0.2) is 47.6 Å². The quantitative estimate of drug-likeness (QED) is 0.673. The molecule has 0 fully saturated rings. The topological polar surface area (TPSA) is 34.9 Å². The molecule has 1 unspecified atom stereocenters. The van der Waals surface area contributed by atoms with Gasteiger partial charge in [0, 0.05) is 10.0 Å². The number of halogens is 2. The number of carbonyl (C=O) groups excluding carboxylic acids is 1. The van der Waals surface area contributed by atoms with Gasteiger partial charge in [-0.3, -0.25) is 9.36 Å². The van der Waals surface area contributed by atoms with Gasteiger partial charge in [-0.15, -0.1) is 0 Å². The summed E-state index contributed by atoms with van der Waals surface area (Å²) in [6, 6.07) is 13.0. The highest BCUT2D eigenvalue weighted by atomic mass is 35.5. The number of carbonyl (C=O) groups is 1. The fourth-order valence-electron chi connectivity index (χ4n) is 2.65. The molecular weight excluding hydrogens is 339 g/mol. The van der Waals surface area contributed by atoms with Crippen LogP contribution in [-0.2, 0) is 6.42 Å². The summed E-state index contributed by atoms with van der Waals surface area (Å²) in [5, 5.41) is 1.78. The Labute approximate surface area is 141 Å². The minimum atomic E-state index is -0.219. The maximum absolute atomic E-state index is 12.7. The number of thioether (sulfide) groups is 1. The molecule has 2 aromatic carbocycles. The SMILES string of the molecule is O=C1C(Cc2cc(Cl)ccc2Cl)Sc2nc3ccccc3n21. The number of imidazole rings is 1. The summed E-state index contributed by atoms with van der Waals surface area (Å²) in [5.41, 5.74) is 2.59. The van der Waals surface area contributed by atoms with Crippen LogP contribution in [0, 0.1) is 0 Å². The van der Waals surface area contributed by atoms with Crippen molar-refractivity contribution in [2.75, 3.05) is 0 Å². The van der Waals surface area contributed by atoms with Crippen molar-refractivity contribution >= 4 is 51.9 Å². The molecule has 0 N–H and O–H groups in total. The van der Waals surface area contributed by atoms with E-state index in [0.717, 1.165) is 21.8 Å². The first-order chi connectivity index (χ1) is 10.6. The standard InChI is InChI=1S/C16H10Cl2N2OS/c17-10-5-6-11(18)9(7-10)8-14-15(21)20-13-4-2-1-3-12(13)19-16(20)22-14/h1-7,14H,8H2. The lowest BCUT2D eigenvalue weighted by atomic mass is 10.1. The molecule has 0 radical (unpaired) electrons. The Kier molecular flexibility index (Phi) is 3.40. The van der Waals surface area contributed by atoms with Crippen molar-refractivity contribution in [1.82, 2.24) is 9.55 Å². The molecule has 110 valence electrons. The van der Waals surface area contributed by atoms with Crippen LogP contribution in [0.4, 0.5) is 0 Å². The molecule has 0 saturated carbocycles.